The third-order valence-corrected chi connectivity index (χ3v) is 5.07. The van der Waals surface area contributed by atoms with Gasteiger partial charge in [-0.15, -0.1) is 23.7 Å². The van der Waals surface area contributed by atoms with E-state index >= 15 is 0 Å². The number of hydrogen-bond donors (Lipinski definition) is 2. The Bertz CT molecular complexity index is 433. The van der Waals surface area contributed by atoms with Gasteiger partial charge in [-0.3, -0.25) is 0 Å². The molecule has 0 bridgehead atoms. The summed E-state index contributed by atoms with van der Waals surface area (Å²) in [4.78, 5) is 1.12. The summed E-state index contributed by atoms with van der Waals surface area (Å²) in [7, 11) is -3.37. The summed E-state index contributed by atoms with van der Waals surface area (Å²) < 4.78 is 26.9. The summed E-state index contributed by atoms with van der Waals surface area (Å²) in [6.07, 6.45) is 0.642. The zero-order valence-electron chi connectivity index (χ0n) is 8.70. The Morgan fingerprint density at radius 3 is 2.62 bits per heavy atom. The second-order valence-electron chi connectivity index (χ2n) is 3.01. The second kappa shape index (κ2) is 6.93. The van der Waals surface area contributed by atoms with Crippen molar-refractivity contribution < 1.29 is 8.42 Å². The number of sulfonamides is 1. The van der Waals surface area contributed by atoms with E-state index in [4.69, 9.17) is 5.73 Å². The van der Waals surface area contributed by atoms with Gasteiger partial charge in [0.05, 0.1) is 8.68 Å². The van der Waals surface area contributed by atoms with Crippen LogP contribution in [-0.4, -0.2) is 21.5 Å². The molecule has 16 heavy (non-hydrogen) atoms. The van der Waals surface area contributed by atoms with Crippen LogP contribution in [0.3, 0.4) is 0 Å². The summed E-state index contributed by atoms with van der Waals surface area (Å²) in [5.41, 5.74) is 5.29. The van der Waals surface area contributed by atoms with Crippen LogP contribution in [0.25, 0.3) is 0 Å². The SMILES string of the molecule is Cc1sc(Br)cc1S(=O)(=O)NCCCN.Cl. The summed E-state index contributed by atoms with van der Waals surface area (Å²) in [6.45, 7) is 2.65. The van der Waals surface area contributed by atoms with Gasteiger partial charge in [0.15, 0.2) is 0 Å². The zero-order chi connectivity index (χ0) is 11.5. The van der Waals surface area contributed by atoms with Gasteiger partial charge in [-0.05, 0) is 41.9 Å². The largest absolute Gasteiger partial charge is 0.330 e. The molecule has 0 spiro atoms. The molecule has 1 heterocycles. The molecule has 0 fully saturated rings. The Morgan fingerprint density at radius 2 is 2.19 bits per heavy atom. The first-order valence-electron chi connectivity index (χ1n) is 4.43. The van der Waals surface area contributed by atoms with Crippen molar-refractivity contribution in [1.29, 1.82) is 0 Å². The van der Waals surface area contributed by atoms with Gasteiger partial charge < -0.3 is 5.73 Å². The molecule has 0 aliphatic rings. The topological polar surface area (TPSA) is 72.2 Å². The number of nitrogens with one attached hydrogen (secondary N) is 1. The fourth-order valence-corrected chi connectivity index (χ4v) is 4.57. The number of nitrogens with two attached hydrogens (primary N) is 1. The van der Waals surface area contributed by atoms with Crippen molar-refractivity contribution in [1.82, 2.24) is 4.72 Å². The Labute approximate surface area is 114 Å². The van der Waals surface area contributed by atoms with Gasteiger partial charge >= 0.3 is 0 Å². The van der Waals surface area contributed by atoms with Crippen molar-refractivity contribution in [2.24, 2.45) is 5.73 Å². The van der Waals surface area contributed by atoms with Crippen LogP contribution in [0, 0.1) is 6.92 Å². The van der Waals surface area contributed by atoms with Crippen LogP contribution in [0.4, 0.5) is 0 Å². The number of rotatable bonds is 5. The van der Waals surface area contributed by atoms with Gasteiger partial charge in [0.1, 0.15) is 0 Å². The Balaban J connectivity index is 0.00000225. The van der Waals surface area contributed by atoms with Gasteiger partial charge in [-0.25, -0.2) is 13.1 Å². The lowest BCUT2D eigenvalue weighted by Crippen LogP contribution is -2.26. The highest BCUT2D eigenvalue weighted by Crippen LogP contribution is 2.29. The molecule has 3 N–H and O–H groups in total. The average molecular weight is 350 g/mol. The van der Waals surface area contributed by atoms with Crippen LogP contribution in [0.5, 0.6) is 0 Å². The van der Waals surface area contributed by atoms with Gasteiger partial charge in [-0.1, -0.05) is 0 Å². The third-order valence-electron chi connectivity index (χ3n) is 1.80. The molecule has 4 nitrogen and oxygen atoms in total. The Hall–Kier alpha value is 0.340. The third kappa shape index (κ3) is 4.31. The summed E-state index contributed by atoms with van der Waals surface area (Å²) in [6, 6.07) is 1.62. The molecule has 0 aromatic carbocycles. The highest BCUT2D eigenvalue weighted by atomic mass is 79.9. The normalized spacial score (nSPS) is 11.2. The smallest absolute Gasteiger partial charge is 0.241 e. The monoisotopic (exact) mass is 348 g/mol. The number of halogens is 2. The minimum Gasteiger partial charge on any atom is -0.330 e. The number of aryl methyl sites for hydroxylation is 1. The number of thiophene rings is 1. The highest BCUT2D eigenvalue weighted by molar-refractivity contribution is 9.11. The van der Waals surface area contributed by atoms with Gasteiger partial charge in [0.25, 0.3) is 0 Å². The molecule has 0 amide bonds. The van der Waals surface area contributed by atoms with E-state index in [-0.39, 0.29) is 12.4 Å². The fraction of sp³-hybridized carbons (Fsp3) is 0.500. The van der Waals surface area contributed by atoms with E-state index in [2.05, 4.69) is 20.7 Å². The molecule has 1 rings (SSSR count). The van der Waals surface area contributed by atoms with Crippen LogP contribution in [0.2, 0.25) is 0 Å². The molecule has 0 radical (unpaired) electrons. The van der Waals surface area contributed by atoms with Crippen LogP contribution in [0.1, 0.15) is 11.3 Å². The fourth-order valence-electron chi connectivity index (χ4n) is 1.08. The minimum absolute atomic E-state index is 0. The van der Waals surface area contributed by atoms with E-state index in [1.54, 1.807) is 13.0 Å². The van der Waals surface area contributed by atoms with E-state index < -0.39 is 10.0 Å². The molecule has 0 aliphatic carbocycles. The summed E-state index contributed by atoms with van der Waals surface area (Å²) >= 11 is 4.67. The maximum absolute atomic E-state index is 11.8. The van der Waals surface area contributed by atoms with Crippen molar-refractivity contribution in [3.8, 4) is 0 Å². The molecule has 1 aromatic heterocycles. The molecule has 1 aromatic rings. The molecular formula is C8H14BrClN2O2S2. The summed E-state index contributed by atoms with van der Waals surface area (Å²) in [5.74, 6) is 0. The van der Waals surface area contributed by atoms with Crippen molar-refractivity contribution in [2.75, 3.05) is 13.1 Å². The van der Waals surface area contributed by atoms with Gasteiger partial charge in [0, 0.05) is 11.4 Å². The van der Waals surface area contributed by atoms with Gasteiger partial charge in [0.2, 0.25) is 10.0 Å². The average Bonchev–Trinajstić information content (AvgIpc) is 2.46. The highest BCUT2D eigenvalue weighted by Gasteiger charge is 2.18. The van der Waals surface area contributed by atoms with Crippen LogP contribution >= 0.6 is 39.7 Å². The molecule has 0 saturated carbocycles. The van der Waals surface area contributed by atoms with E-state index in [1.165, 1.54) is 11.3 Å². The maximum atomic E-state index is 11.8. The van der Waals surface area contributed by atoms with Crippen molar-refractivity contribution in [3.63, 3.8) is 0 Å². The van der Waals surface area contributed by atoms with E-state index in [0.717, 1.165) is 8.66 Å². The van der Waals surface area contributed by atoms with E-state index in [1.807, 2.05) is 0 Å². The first-order valence-corrected chi connectivity index (χ1v) is 7.52. The molecule has 0 unspecified atom stereocenters. The summed E-state index contributed by atoms with van der Waals surface area (Å²) in [5, 5.41) is 0. The van der Waals surface area contributed by atoms with Crippen LogP contribution in [0.15, 0.2) is 14.7 Å². The lowest BCUT2D eigenvalue weighted by atomic mass is 10.4. The predicted octanol–water partition coefficient (Wildman–Crippen LogP) is 1.87. The lowest BCUT2D eigenvalue weighted by Gasteiger charge is -2.04. The molecule has 0 aliphatic heterocycles. The van der Waals surface area contributed by atoms with Crippen LogP contribution < -0.4 is 10.5 Å². The van der Waals surface area contributed by atoms with E-state index in [9.17, 15) is 8.42 Å². The Morgan fingerprint density at radius 1 is 1.56 bits per heavy atom. The minimum atomic E-state index is -3.37. The first-order chi connectivity index (χ1) is 6.97. The van der Waals surface area contributed by atoms with E-state index in [0.29, 0.717) is 24.4 Å². The van der Waals surface area contributed by atoms with Gasteiger partial charge in [-0.2, -0.15) is 0 Å². The molecule has 8 heteroatoms. The second-order valence-corrected chi connectivity index (χ2v) is 7.38. The quantitative estimate of drug-likeness (QED) is 0.797. The maximum Gasteiger partial charge on any atom is 0.241 e. The van der Waals surface area contributed by atoms with Crippen LogP contribution in [-0.2, 0) is 10.0 Å². The van der Waals surface area contributed by atoms with Crippen molar-refractivity contribution >= 4 is 49.7 Å². The predicted molar refractivity (Wildman–Crippen MR) is 72.9 cm³/mol. The van der Waals surface area contributed by atoms with Crippen molar-refractivity contribution in [3.05, 3.63) is 14.7 Å². The number of hydrogen-bond acceptors (Lipinski definition) is 4. The Kier molecular flexibility index (Phi) is 7.07. The molecule has 0 atom stereocenters. The molecule has 94 valence electrons. The molecule has 0 saturated heterocycles. The standard InChI is InChI=1S/C8H13BrN2O2S2.ClH/c1-6-7(5-8(9)14-6)15(12,13)11-4-2-3-10;/h5,11H,2-4,10H2,1H3;1H. The van der Waals surface area contributed by atoms with Crippen molar-refractivity contribution in [2.45, 2.75) is 18.2 Å². The zero-order valence-corrected chi connectivity index (χ0v) is 12.7. The first kappa shape index (κ1) is 16.3. The molecular weight excluding hydrogens is 336 g/mol. The lowest BCUT2D eigenvalue weighted by molar-refractivity contribution is 0.579.